The molecule has 0 unspecified atom stereocenters. The van der Waals surface area contributed by atoms with Crippen molar-refractivity contribution in [3.8, 4) is 0 Å². The second-order valence-electron chi connectivity index (χ2n) is 5.12. The zero-order valence-corrected chi connectivity index (χ0v) is 12.1. The molecular formula is C15H20N2O4. The van der Waals surface area contributed by atoms with E-state index in [0.717, 1.165) is 18.4 Å². The summed E-state index contributed by atoms with van der Waals surface area (Å²) < 4.78 is 10.2. The van der Waals surface area contributed by atoms with E-state index >= 15 is 0 Å². The molecule has 21 heavy (non-hydrogen) atoms. The fraction of sp³-hybridized carbons (Fsp3) is 0.467. The Morgan fingerprint density at radius 3 is 2.81 bits per heavy atom. The Morgan fingerprint density at radius 1 is 1.38 bits per heavy atom. The summed E-state index contributed by atoms with van der Waals surface area (Å²) >= 11 is 0. The highest BCUT2D eigenvalue weighted by molar-refractivity contribution is 5.96. The Hall–Kier alpha value is -2.08. The molecule has 1 aliphatic heterocycles. The van der Waals surface area contributed by atoms with Gasteiger partial charge in [-0.25, -0.2) is 4.79 Å². The number of hydrogen-bond donors (Lipinski definition) is 2. The van der Waals surface area contributed by atoms with Crippen LogP contribution in [0, 0.1) is 6.92 Å². The lowest BCUT2D eigenvalue weighted by Gasteiger charge is -2.22. The maximum absolute atomic E-state index is 11.9. The van der Waals surface area contributed by atoms with Crippen LogP contribution in [0.5, 0.6) is 0 Å². The number of carbonyl (C=O) groups excluding carboxylic acids is 2. The molecule has 6 heteroatoms. The minimum atomic E-state index is -0.585. The van der Waals surface area contributed by atoms with Crippen LogP contribution in [0.25, 0.3) is 0 Å². The van der Waals surface area contributed by atoms with E-state index in [-0.39, 0.29) is 24.1 Å². The van der Waals surface area contributed by atoms with E-state index in [2.05, 4.69) is 5.32 Å². The van der Waals surface area contributed by atoms with Crippen LogP contribution >= 0.6 is 0 Å². The number of hydrogen-bond acceptors (Lipinski definition) is 5. The number of ether oxygens (including phenoxy) is 2. The van der Waals surface area contributed by atoms with Gasteiger partial charge in [0.25, 0.3) is 5.91 Å². The fourth-order valence-electron chi connectivity index (χ4n) is 2.17. The first-order valence-electron chi connectivity index (χ1n) is 6.96. The van der Waals surface area contributed by atoms with Crippen molar-refractivity contribution >= 4 is 17.6 Å². The van der Waals surface area contributed by atoms with Crippen LogP contribution in [0.2, 0.25) is 0 Å². The van der Waals surface area contributed by atoms with Crippen molar-refractivity contribution in [3.63, 3.8) is 0 Å². The molecule has 1 aromatic rings. The SMILES string of the molecule is Cc1ccc(N)c(C(=O)OCC(=O)NC2CCOCC2)c1. The van der Waals surface area contributed by atoms with Crippen LogP contribution in [0.15, 0.2) is 18.2 Å². The van der Waals surface area contributed by atoms with Crippen LogP contribution in [0.4, 0.5) is 5.69 Å². The molecule has 114 valence electrons. The van der Waals surface area contributed by atoms with Gasteiger partial charge in [-0.05, 0) is 31.9 Å². The highest BCUT2D eigenvalue weighted by atomic mass is 16.5. The third kappa shape index (κ3) is 4.46. The number of esters is 1. The number of nitrogens with one attached hydrogen (secondary N) is 1. The number of aryl methyl sites for hydroxylation is 1. The fourth-order valence-corrected chi connectivity index (χ4v) is 2.17. The van der Waals surface area contributed by atoms with Crippen LogP contribution < -0.4 is 11.1 Å². The molecule has 1 aliphatic rings. The molecule has 1 heterocycles. The summed E-state index contributed by atoms with van der Waals surface area (Å²) in [5.41, 5.74) is 7.27. The molecule has 6 nitrogen and oxygen atoms in total. The largest absolute Gasteiger partial charge is 0.452 e. The monoisotopic (exact) mass is 292 g/mol. The second kappa shape index (κ2) is 7.08. The number of rotatable bonds is 4. The van der Waals surface area contributed by atoms with E-state index in [4.69, 9.17) is 15.2 Å². The van der Waals surface area contributed by atoms with Gasteiger partial charge in [0, 0.05) is 24.9 Å². The Bertz CT molecular complexity index is 524. The molecule has 2 rings (SSSR count). The summed E-state index contributed by atoms with van der Waals surface area (Å²) in [6, 6.07) is 5.19. The van der Waals surface area contributed by atoms with Crippen molar-refractivity contribution in [2.75, 3.05) is 25.6 Å². The van der Waals surface area contributed by atoms with E-state index in [1.165, 1.54) is 0 Å². The number of nitrogens with two attached hydrogens (primary N) is 1. The van der Waals surface area contributed by atoms with E-state index in [1.54, 1.807) is 12.1 Å². The molecular weight excluding hydrogens is 272 g/mol. The summed E-state index contributed by atoms with van der Waals surface area (Å²) in [4.78, 5) is 23.7. The second-order valence-corrected chi connectivity index (χ2v) is 5.12. The molecule has 1 amide bonds. The predicted octanol–water partition coefficient (Wildman–Crippen LogP) is 1.03. The average Bonchev–Trinajstić information content (AvgIpc) is 2.48. The Labute approximate surface area is 123 Å². The number of carbonyl (C=O) groups is 2. The first-order chi connectivity index (χ1) is 10.1. The molecule has 0 radical (unpaired) electrons. The van der Waals surface area contributed by atoms with E-state index in [1.807, 2.05) is 13.0 Å². The zero-order chi connectivity index (χ0) is 15.2. The third-order valence-electron chi connectivity index (χ3n) is 3.35. The van der Waals surface area contributed by atoms with Gasteiger partial charge in [-0.15, -0.1) is 0 Å². The topological polar surface area (TPSA) is 90.7 Å². The van der Waals surface area contributed by atoms with Gasteiger partial charge in [0.1, 0.15) is 0 Å². The summed E-state index contributed by atoms with van der Waals surface area (Å²) in [5, 5.41) is 2.82. The van der Waals surface area contributed by atoms with Gasteiger partial charge < -0.3 is 20.5 Å². The first-order valence-corrected chi connectivity index (χ1v) is 6.96. The van der Waals surface area contributed by atoms with Crippen molar-refractivity contribution in [2.45, 2.75) is 25.8 Å². The van der Waals surface area contributed by atoms with E-state index in [0.29, 0.717) is 18.9 Å². The lowest BCUT2D eigenvalue weighted by molar-refractivity contribution is -0.125. The predicted molar refractivity (Wildman–Crippen MR) is 77.9 cm³/mol. The quantitative estimate of drug-likeness (QED) is 0.639. The third-order valence-corrected chi connectivity index (χ3v) is 3.35. The van der Waals surface area contributed by atoms with Gasteiger partial charge in [-0.2, -0.15) is 0 Å². The Balaban J connectivity index is 1.82. The van der Waals surface area contributed by atoms with Crippen molar-refractivity contribution in [2.24, 2.45) is 0 Å². The van der Waals surface area contributed by atoms with Crippen molar-refractivity contribution < 1.29 is 19.1 Å². The Kier molecular flexibility index (Phi) is 5.16. The first kappa shape index (κ1) is 15.3. The van der Waals surface area contributed by atoms with Crippen LogP contribution in [-0.4, -0.2) is 37.7 Å². The molecule has 0 spiro atoms. The Morgan fingerprint density at radius 2 is 2.10 bits per heavy atom. The minimum absolute atomic E-state index is 0.0917. The van der Waals surface area contributed by atoms with Gasteiger partial charge in [-0.3, -0.25) is 4.79 Å². The van der Waals surface area contributed by atoms with E-state index < -0.39 is 5.97 Å². The summed E-state index contributed by atoms with van der Waals surface area (Å²) in [5.74, 6) is -0.889. The maximum atomic E-state index is 11.9. The molecule has 0 aromatic heterocycles. The molecule has 3 N–H and O–H groups in total. The van der Waals surface area contributed by atoms with Gasteiger partial charge in [0.15, 0.2) is 6.61 Å². The molecule has 0 saturated carbocycles. The zero-order valence-electron chi connectivity index (χ0n) is 12.1. The highest BCUT2D eigenvalue weighted by Crippen LogP contribution is 2.14. The van der Waals surface area contributed by atoms with E-state index in [9.17, 15) is 9.59 Å². The van der Waals surface area contributed by atoms with Gasteiger partial charge in [0.05, 0.1) is 5.56 Å². The molecule has 1 saturated heterocycles. The lowest BCUT2D eigenvalue weighted by atomic mass is 10.1. The molecule has 0 atom stereocenters. The molecule has 0 aliphatic carbocycles. The molecule has 1 fully saturated rings. The van der Waals surface area contributed by atoms with Crippen LogP contribution in [0.1, 0.15) is 28.8 Å². The minimum Gasteiger partial charge on any atom is -0.452 e. The summed E-state index contributed by atoms with van der Waals surface area (Å²) in [6.07, 6.45) is 1.56. The number of benzene rings is 1. The molecule has 1 aromatic carbocycles. The normalized spacial score (nSPS) is 15.5. The van der Waals surface area contributed by atoms with Crippen molar-refractivity contribution in [1.82, 2.24) is 5.32 Å². The number of nitrogen functional groups attached to an aromatic ring is 1. The molecule has 0 bridgehead atoms. The average molecular weight is 292 g/mol. The van der Waals surface area contributed by atoms with Crippen molar-refractivity contribution in [3.05, 3.63) is 29.3 Å². The number of amides is 1. The highest BCUT2D eigenvalue weighted by Gasteiger charge is 2.18. The number of anilines is 1. The summed E-state index contributed by atoms with van der Waals surface area (Å²) in [6.45, 7) is 2.84. The standard InChI is InChI=1S/C15H20N2O4/c1-10-2-3-13(16)12(8-10)15(19)21-9-14(18)17-11-4-6-20-7-5-11/h2-3,8,11H,4-7,9,16H2,1H3,(H,17,18). The maximum Gasteiger partial charge on any atom is 0.340 e. The van der Waals surface area contributed by atoms with Gasteiger partial charge >= 0.3 is 5.97 Å². The summed E-state index contributed by atoms with van der Waals surface area (Å²) in [7, 11) is 0. The van der Waals surface area contributed by atoms with Gasteiger partial charge in [-0.1, -0.05) is 11.6 Å². The lowest BCUT2D eigenvalue weighted by Crippen LogP contribution is -2.41. The van der Waals surface area contributed by atoms with Crippen LogP contribution in [0.3, 0.4) is 0 Å². The smallest absolute Gasteiger partial charge is 0.340 e. The van der Waals surface area contributed by atoms with Crippen molar-refractivity contribution in [1.29, 1.82) is 0 Å². The van der Waals surface area contributed by atoms with Gasteiger partial charge in [0.2, 0.25) is 0 Å². The van der Waals surface area contributed by atoms with Crippen LogP contribution in [-0.2, 0) is 14.3 Å².